The predicted octanol–water partition coefficient (Wildman–Crippen LogP) is 5.94. The lowest BCUT2D eigenvalue weighted by Crippen LogP contribution is -2.11. The fraction of sp³-hybridized carbons (Fsp3) is 0. The Bertz CT molecular complexity index is 591. The second-order valence-electron chi connectivity index (χ2n) is 3.34. The van der Waals surface area contributed by atoms with Crippen molar-refractivity contribution in [1.29, 1.82) is 0 Å². The molecule has 2 rings (SSSR count). The SMILES string of the molecule is O=C(Nc1c(Br)cc(Cl)cc1Br)c1csc(Br)c1. The van der Waals surface area contributed by atoms with Gasteiger partial charge in [-0.05, 0) is 66.0 Å². The minimum absolute atomic E-state index is 0.166. The number of hydrogen-bond acceptors (Lipinski definition) is 2. The van der Waals surface area contributed by atoms with Gasteiger partial charge in [-0.25, -0.2) is 0 Å². The Kier molecular flexibility index (Phi) is 4.88. The molecule has 2 nitrogen and oxygen atoms in total. The summed E-state index contributed by atoms with van der Waals surface area (Å²) in [4.78, 5) is 12.0. The first-order valence-electron chi connectivity index (χ1n) is 4.67. The molecule has 0 aliphatic carbocycles. The van der Waals surface area contributed by atoms with E-state index in [0.717, 1.165) is 12.7 Å². The summed E-state index contributed by atoms with van der Waals surface area (Å²) >= 11 is 17.4. The molecule has 0 saturated carbocycles. The molecule has 2 aromatic rings. The van der Waals surface area contributed by atoms with E-state index in [-0.39, 0.29) is 5.91 Å². The molecule has 0 unspecified atom stereocenters. The molecule has 0 atom stereocenters. The molecule has 94 valence electrons. The zero-order valence-electron chi connectivity index (χ0n) is 8.64. The summed E-state index contributed by atoms with van der Waals surface area (Å²) in [5.41, 5.74) is 1.27. The van der Waals surface area contributed by atoms with Crippen molar-refractivity contribution in [3.05, 3.63) is 46.9 Å². The van der Waals surface area contributed by atoms with Crippen LogP contribution in [0.15, 0.2) is 36.3 Å². The lowest BCUT2D eigenvalue weighted by molar-refractivity contribution is 0.102. The average Bonchev–Trinajstić information content (AvgIpc) is 2.70. The Morgan fingerprint density at radius 3 is 2.28 bits per heavy atom. The number of halogens is 4. The maximum absolute atomic E-state index is 12.0. The molecule has 0 radical (unpaired) electrons. The third-order valence-corrected chi connectivity index (χ3v) is 5.05. The summed E-state index contributed by atoms with van der Waals surface area (Å²) in [6.07, 6.45) is 0. The van der Waals surface area contributed by atoms with E-state index >= 15 is 0 Å². The highest BCUT2D eigenvalue weighted by atomic mass is 79.9. The van der Waals surface area contributed by atoms with Crippen LogP contribution in [0.1, 0.15) is 10.4 Å². The van der Waals surface area contributed by atoms with Crippen LogP contribution in [-0.2, 0) is 0 Å². The van der Waals surface area contributed by atoms with Gasteiger partial charge in [0.15, 0.2) is 0 Å². The second-order valence-corrected chi connectivity index (χ2v) is 7.77. The van der Waals surface area contributed by atoms with E-state index in [0.29, 0.717) is 16.3 Å². The fourth-order valence-electron chi connectivity index (χ4n) is 1.28. The molecule has 0 spiro atoms. The molecule has 1 N–H and O–H groups in total. The first-order chi connectivity index (χ1) is 8.47. The lowest BCUT2D eigenvalue weighted by Gasteiger charge is -2.09. The van der Waals surface area contributed by atoms with E-state index in [1.807, 2.05) is 0 Å². The van der Waals surface area contributed by atoms with Crippen molar-refractivity contribution in [1.82, 2.24) is 0 Å². The first-order valence-corrected chi connectivity index (χ1v) is 8.31. The van der Waals surface area contributed by atoms with Gasteiger partial charge in [0.1, 0.15) is 0 Å². The second kappa shape index (κ2) is 6.05. The van der Waals surface area contributed by atoms with Crippen molar-refractivity contribution in [3.63, 3.8) is 0 Å². The molecule has 1 amide bonds. The molecule has 1 heterocycles. The quantitative estimate of drug-likeness (QED) is 0.574. The average molecular weight is 474 g/mol. The van der Waals surface area contributed by atoms with Crippen molar-refractivity contribution < 1.29 is 4.79 Å². The van der Waals surface area contributed by atoms with Gasteiger partial charge in [0, 0.05) is 19.3 Å². The van der Waals surface area contributed by atoms with Gasteiger partial charge in [-0.2, -0.15) is 0 Å². The van der Waals surface area contributed by atoms with Crippen molar-refractivity contribution in [3.8, 4) is 0 Å². The summed E-state index contributed by atoms with van der Waals surface area (Å²) < 4.78 is 2.37. The number of amides is 1. The Labute approximate surface area is 138 Å². The molecule has 0 aliphatic heterocycles. The lowest BCUT2D eigenvalue weighted by atomic mass is 10.3. The van der Waals surface area contributed by atoms with Crippen LogP contribution in [-0.4, -0.2) is 5.91 Å². The molecule has 18 heavy (non-hydrogen) atoms. The van der Waals surface area contributed by atoms with Crippen molar-refractivity contribution in [2.75, 3.05) is 5.32 Å². The highest BCUT2D eigenvalue weighted by Gasteiger charge is 2.13. The highest BCUT2D eigenvalue weighted by Crippen LogP contribution is 2.34. The van der Waals surface area contributed by atoms with E-state index in [4.69, 9.17) is 11.6 Å². The molecule has 0 fully saturated rings. The number of nitrogens with one attached hydrogen (secondary N) is 1. The van der Waals surface area contributed by atoms with Gasteiger partial charge in [-0.3, -0.25) is 4.79 Å². The van der Waals surface area contributed by atoms with E-state index in [1.165, 1.54) is 11.3 Å². The molecular formula is C11H5Br3ClNOS. The van der Waals surface area contributed by atoms with Crippen LogP contribution in [0.2, 0.25) is 5.02 Å². The Morgan fingerprint density at radius 1 is 1.17 bits per heavy atom. The van der Waals surface area contributed by atoms with Crippen LogP contribution in [0.5, 0.6) is 0 Å². The summed E-state index contributed by atoms with van der Waals surface area (Å²) in [7, 11) is 0. The number of hydrogen-bond donors (Lipinski definition) is 1. The van der Waals surface area contributed by atoms with Crippen molar-refractivity contribution in [2.45, 2.75) is 0 Å². The predicted molar refractivity (Wildman–Crippen MR) is 86.8 cm³/mol. The monoisotopic (exact) mass is 471 g/mol. The number of rotatable bonds is 2. The number of benzene rings is 1. The van der Waals surface area contributed by atoms with Gasteiger partial charge >= 0.3 is 0 Å². The summed E-state index contributed by atoms with van der Waals surface area (Å²) in [5, 5.41) is 5.21. The van der Waals surface area contributed by atoms with Crippen molar-refractivity contribution in [2.24, 2.45) is 0 Å². The summed E-state index contributed by atoms with van der Waals surface area (Å²) in [6.45, 7) is 0. The normalized spacial score (nSPS) is 10.4. The minimum Gasteiger partial charge on any atom is -0.320 e. The van der Waals surface area contributed by atoms with Gasteiger partial charge in [-0.1, -0.05) is 11.6 Å². The third kappa shape index (κ3) is 3.36. The molecular weight excluding hydrogens is 469 g/mol. The minimum atomic E-state index is -0.166. The zero-order valence-corrected chi connectivity index (χ0v) is 15.0. The standard InChI is InChI=1S/C11H5Br3ClNOS/c12-7-2-6(15)3-8(13)10(7)16-11(17)5-1-9(14)18-4-5/h1-4H,(H,16,17). The maximum Gasteiger partial charge on any atom is 0.256 e. The maximum atomic E-state index is 12.0. The van der Waals surface area contributed by atoms with Crippen LogP contribution in [0.3, 0.4) is 0 Å². The Hall–Kier alpha value is 0.120. The molecule has 0 aliphatic rings. The fourth-order valence-corrected chi connectivity index (χ4v) is 4.28. The zero-order chi connectivity index (χ0) is 13.3. The van der Waals surface area contributed by atoms with Gasteiger partial charge < -0.3 is 5.32 Å². The molecule has 1 aromatic heterocycles. The highest BCUT2D eigenvalue weighted by molar-refractivity contribution is 9.11. The van der Waals surface area contributed by atoms with Crippen LogP contribution < -0.4 is 5.32 Å². The van der Waals surface area contributed by atoms with Gasteiger partial charge in [0.05, 0.1) is 15.0 Å². The van der Waals surface area contributed by atoms with Crippen LogP contribution in [0, 0.1) is 0 Å². The van der Waals surface area contributed by atoms with Crippen LogP contribution in [0.4, 0.5) is 5.69 Å². The third-order valence-electron chi connectivity index (χ3n) is 2.08. The van der Waals surface area contributed by atoms with E-state index in [1.54, 1.807) is 23.6 Å². The number of thiophene rings is 1. The number of carbonyl (C=O) groups excluding carboxylic acids is 1. The van der Waals surface area contributed by atoms with Gasteiger partial charge in [0.25, 0.3) is 5.91 Å². The smallest absolute Gasteiger partial charge is 0.256 e. The molecule has 0 bridgehead atoms. The van der Waals surface area contributed by atoms with E-state index < -0.39 is 0 Å². The topological polar surface area (TPSA) is 29.1 Å². The van der Waals surface area contributed by atoms with E-state index in [2.05, 4.69) is 53.1 Å². The summed E-state index contributed by atoms with van der Waals surface area (Å²) in [6, 6.07) is 5.23. The Morgan fingerprint density at radius 2 is 1.78 bits per heavy atom. The van der Waals surface area contributed by atoms with Crippen LogP contribution >= 0.6 is 70.7 Å². The number of anilines is 1. The molecule has 7 heteroatoms. The number of carbonyl (C=O) groups is 1. The van der Waals surface area contributed by atoms with Gasteiger partial charge in [0.2, 0.25) is 0 Å². The van der Waals surface area contributed by atoms with Crippen LogP contribution in [0.25, 0.3) is 0 Å². The van der Waals surface area contributed by atoms with Crippen molar-refractivity contribution >= 4 is 82.3 Å². The van der Waals surface area contributed by atoms with E-state index in [9.17, 15) is 4.79 Å². The first kappa shape index (κ1) is 14.5. The Balaban J connectivity index is 2.27. The largest absolute Gasteiger partial charge is 0.320 e. The summed E-state index contributed by atoms with van der Waals surface area (Å²) in [5.74, 6) is -0.166. The molecule has 1 aromatic carbocycles. The molecule has 0 saturated heterocycles. The van der Waals surface area contributed by atoms with Gasteiger partial charge in [-0.15, -0.1) is 11.3 Å².